The lowest BCUT2D eigenvalue weighted by molar-refractivity contribution is -0.139. The van der Waals surface area contributed by atoms with Crippen molar-refractivity contribution in [2.45, 2.75) is 12.3 Å². The van der Waals surface area contributed by atoms with Gasteiger partial charge in [-0.05, 0) is 0 Å². The molecule has 0 fully saturated rings. The molecular formula is C3H3F5. The van der Waals surface area contributed by atoms with Crippen LogP contribution in [-0.4, -0.2) is 19.0 Å². The highest BCUT2D eigenvalue weighted by Gasteiger charge is 2.40. The number of hydrogen-bond donors (Lipinski definition) is 0. The van der Waals surface area contributed by atoms with Crippen LogP contribution in [0.5, 0.6) is 0 Å². The molecule has 8 heavy (non-hydrogen) atoms. The summed E-state index contributed by atoms with van der Waals surface area (Å²) in [5, 5.41) is 0. The monoisotopic (exact) mass is 134 g/mol. The summed E-state index contributed by atoms with van der Waals surface area (Å²) < 4.78 is 54.7. The van der Waals surface area contributed by atoms with Gasteiger partial charge < -0.3 is 0 Å². The van der Waals surface area contributed by atoms with Gasteiger partial charge in [0.15, 0.2) is 6.67 Å². The van der Waals surface area contributed by atoms with E-state index in [1.165, 1.54) is 0 Å². The fraction of sp³-hybridized carbons (Fsp3) is 1.00. The average molecular weight is 134 g/mol. The van der Waals surface area contributed by atoms with Gasteiger partial charge >= 0.3 is 12.3 Å². The van der Waals surface area contributed by atoms with Crippen molar-refractivity contribution in [2.24, 2.45) is 0 Å². The largest absolute Gasteiger partial charge is 0.335 e. The molecule has 5 heteroatoms. The Morgan fingerprint density at radius 3 is 1.62 bits per heavy atom. The van der Waals surface area contributed by atoms with Crippen molar-refractivity contribution in [1.29, 1.82) is 0 Å². The van der Waals surface area contributed by atoms with Crippen LogP contribution in [0.4, 0.5) is 22.0 Å². The third-order valence-electron chi connectivity index (χ3n) is 0.497. The summed E-state index contributed by atoms with van der Waals surface area (Å²) in [6.45, 7) is -2.30. The van der Waals surface area contributed by atoms with Gasteiger partial charge in [-0.3, -0.25) is 0 Å². The van der Waals surface area contributed by atoms with E-state index in [0.29, 0.717) is 0 Å². The van der Waals surface area contributed by atoms with Crippen molar-refractivity contribution in [3.63, 3.8) is 0 Å². The maximum absolute atomic E-state index is 11.2. The summed E-state index contributed by atoms with van der Waals surface area (Å²) in [4.78, 5) is 0. The predicted molar refractivity (Wildman–Crippen MR) is 16.9 cm³/mol. The zero-order valence-electron chi connectivity index (χ0n) is 3.67. The molecule has 0 heterocycles. The molecule has 50 valence electrons. The highest BCUT2D eigenvalue weighted by atomic mass is 19.3. The van der Waals surface area contributed by atoms with E-state index in [0.717, 1.165) is 0 Å². The Balaban J connectivity index is 3.71. The lowest BCUT2D eigenvalue weighted by atomic mass is 10.4. The zero-order chi connectivity index (χ0) is 6.78. The van der Waals surface area contributed by atoms with E-state index in [-0.39, 0.29) is 0 Å². The molecule has 0 rings (SSSR count). The molecule has 0 unspecified atom stereocenters. The summed E-state index contributed by atoms with van der Waals surface area (Å²) >= 11 is 0. The highest BCUT2D eigenvalue weighted by molar-refractivity contribution is 4.65. The summed E-state index contributed by atoms with van der Waals surface area (Å²) in [7, 11) is 0. The van der Waals surface area contributed by atoms with Gasteiger partial charge in [0.1, 0.15) is 0 Å². The Bertz CT molecular complexity index is 68.1. The molecule has 0 aromatic rings. The van der Waals surface area contributed by atoms with Gasteiger partial charge in [0.25, 0.3) is 0 Å². The second-order valence-electron chi connectivity index (χ2n) is 1.20. The minimum absolute atomic E-state index is 2.30. The first kappa shape index (κ1) is 7.65. The molecule has 0 N–H and O–H groups in total. The molecule has 0 atom stereocenters. The second kappa shape index (κ2) is 2.28. The molecule has 0 aliphatic rings. The molecule has 0 radical (unpaired) electrons. The molecule has 0 aromatic carbocycles. The minimum Gasteiger partial charge on any atom is -0.244 e. The molecule has 0 amide bonds. The van der Waals surface area contributed by atoms with Gasteiger partial charge in [0.2, 0.25) is 0 Å². The Morgan fingerprint density at radius 2 is 1.62 bits per heavy atom. The smallest absolute Gasteiger partial charge is 0.244 e. The van der Waals surface area contributed by atoms with Crippen molar-refractivity contribution < 1.29 is 22.0 Å². The van der Waals surface area contributed by atoms with Crippen molar-refractivity contribution in [3.05, 3.63) is 0 Å². The second-order valence-corrected chi connectivity index (χ2v) is 1.20. The van der Waals surface area contributed by atoms with Crippen molar-refractivity contribution in [3.8, 4) is 0 Å². The van der Waals surface area contributed by atoms with Crippen LogP contribution in [0, 0.1) is 0 Å². The summed E-state index contributed by atoms with van der Waals surface area (Å²) in [6.07, 6.45) is -3.90. The quantitative estimate of drug-likeness (QED) is 0.505. The number of hydrogen-bond acceptors (Lipinski definition) is 0. The topological polar surface area (TPSA) is 0 Å². The molecule has 0 aliphatic carbocycles. The Morgan fingerprint density at radius 1 is 1.25 bits per heavy atom. The molecule has 0 saturated heterocycles. The van der Waals surface area contributed by atoms with E-state index in [2.05, 4.69) is 0 Å². The molecule has 0 saturated carbocycles. The third kappa shape index (κ3) is 1.63. The first-order valence-corrected chi connectivity index (χ1v) is 1.72. The van der Waals surface area contributed by atoms with Gasteiger partial charge in [-0.25, -0.2) is 13.2 Å². The number of alkyl halides is 5. The van der Waals surface area contributed by atoms with Gasteiger partial charge in [-0.1, -0.05) is 0 Å². The van der Waals surface area contributed by atoms with Gasteiger partial charge in [0.05, 0.1) is 0 Å². The lowest BCUT2D eigenvalue weighted by Gasteiger charge is -2.08. The van der Waals surface area contributed by atoms with Gasteiger partial charge in [-0.2, -0.15) is 8.78 Å². The highest BCUT2D eigenvalue weighted by Crippen LogP contribution is 2.22. The van der Waals surface area contributed by atoms with Crippen LogP contribution in [0.2, 0.25) is 0 Å². The van der Waals surface area contributed by atoms with Crippen molar-refractivity contribution in [2.75, 3.05) is 6.67 Å². The summed E-state index contributed by atoms with van der Waals surface area (Å²) in [6, 6.07) is 0. The first-order valence-electron chi connectivity index (χ1n) is 1.72. The Hall–Kier alpha value is -0.350. The fourth-order valence-corrected chi connectivity index (χ4v) is 0.0583. The van der Waals surface area contributed by atoms with Crippen LogP contribution < -0.4 is 0 Å². The van der Waals surface area contributed by atoms with Crippen LogP contribution in [-0.2, 0) is 0 Å². The molecule has 0 aliphatic heterocycles. The standard InChI is InChI=1S/C3H3F5/c4-1-3(7,8)2(5)6/h2H,1H2. The maximum Gasteiger partial charge on any atom is 0.335 e. The van der Waals surface area contributed by atoms with Crippen LogP contribution in [0.1, 0.15) is 0 Å². The van der Waals surface area contributed by atoms with E-state index in [4.69, 9.17) is 0 Å². The maximum atomic E-state index is 11.2. The van der Waals surface area contributed by atoms with Crippen LogP contribution in [0.25, 0.3) is 0 Å². The van der Waals surface area contributed by atoms with Crippen molar-refractivity contribution in [1.82, 2.24) is 0 Å². The van der Waals surface area contributed by atoms with Crippen LogP contribution >= 0.6 is 0 Å². The Kier molecular flexibility index (Phi) is 2.18. The molecular weight excluding hydrogens is 131 g/mol. The number of halogens is 5. The molecule has 0 spiro atoms. The number of rotatable bonds is 2. The van der Waals surface area contributed by atoms with E-state index >= 15 is 0 Å². The fourth-order valence-electron chi connectivity index (χ4n) is 0.0583. The summed E-state index contributed by atoms with van der Waals surface area (Å²) in [5.41, 5.74) is 0. The Labute approximate surface area is 42.3 Å². The van der Waals surface area contributed by atoms with Crippen molar-refractivity contribution >= 4 is 0 Å². The molecule has 0 aromatic heterocycles. The van der Waals surface area contributed by atoms with E-state index < -0.39 is 19.0 Å². The van der Waals surface area contributed by atoms with E-state index in [1.807, 2.05) is 0 Å². The van der Waals surface area contributed by atoms with E-state index in [9.17, 15) is 22.0 Å². The SMILES string of the molecule is FCC(F)(F)C(F)F. The summed E-state index contributed by atoms with van der Waals surface area (Å²) in [5.74, 6) is -4.46. The molecule has 0 bridgehead atoms. The van der Waals surface area contributed by atoms with Gasteiger partial charge in [-0.15, -0.1) is 0 Å². The minimum atomic E-state index is -4.46. The average Bonchev–Trinajstić information content (AvgIpc) is 1.67. The van der Waals surface area contributed by atoms with Gasteiger partial charge in [0, 0.05) is 0 Å². The molecule has 0 nitrogen and oxygen atoms in total. The van der Waals surface area contributed by atoms with E-state index in [1.54, 1.807) is 0 Å². The van der Waals surface area contributed by atoms with Crippen LogP contribution in [0.15, 0.2) is 0 Å². The zero-order valence-corrected chi connectivity index (χ0v) is 3.67. The third-order valence-corrected chi connectivity index (χ3v) is 0.497. The van der Waals surface area contributed by atoms with Crippen LogP contribution in [0.3, 0.4) is 0 Å². The normalized spacial score (nSPS) is 12.8. The predicted octanol–water partition coefficient (Wildman–Crippen LogP) is 1.86. The first-order chi connectivity index (χ1) is 3.50. The lowest BCUT2D eigenvalue weighted by Crippen LogP contribution is -2.28.